The molecule has 0 aliphatic rings. The van der Waals surface area contributed by atoms with Crippen LogP contribution < -0.4 is 10.9 Å². The molecule has 1 aromatic carbocycles. The van der Waals surface area contributed by atoms with Gasteiger partial charge in [-0.2, -0.15) is 5.10 Å². The second kappa shape index (κ2) is 6.12. The van der Waals surface area contributed by atoms with Gasteiger partial charge in [0.15, 0.2) is 0 Å². The fourth-order valence-electron chi connectivity index (χ4n) is 2.52. The standard InChI is InChI=1S/C18H13N3O4/c22-17(14-10-12-4-1-2-6-15(12)25-18(14)23)20-16-7-8-19-21(16)11-13-5-3-9-24-13/h1-10H,11H2,(H,20,22). The first kappa shape index (κ1) is 14.9. The average Bonchev–Trinajstić information content (AvgIpc) is 3.27. The van der Waals surface area contributed by atoms with Crippen molar-refractivity contribution >= 4 is 22.7 Å². The third-order valence-corrected chi connectivity index (χ3v) is 3.73. The summed E-state index contributed by atoms with van der Waals surface area (Å²) in [4.78, 5) is 24.6. The fraction of sp³-hybridized carbons (Fsp3) is 0.0556. The van der Waals surface area contributed by atoms with E-state index in [2.05, 4.69) is 10.4 Å². The van der Waals surface area contributed by atoms with Gasteiger partial charge in [0.05, 0.1) is 12.5 Å². The van der Waals surface area contributed by atoms with Crippen molar-refractivity contribution in [3.8, 4) is 0 Å². The van der Waals surface area contributed by atoms with Crippen molar-refractivity contribution in [2.45, 2.75) is 6.54 Å². The molecule has 4 aromatic rings. The number of aromatic nitrogens is 2. The molecule has 124 valence electrons. The summed E-state index contributed by atoms with van der Waals surface area (Å²) in [5.74, 6) is 0.596. The largest absolute Gasteiger partial charge is 0.467 e. The van der Waals surface area contributed by atoms with Gasteiger partial charge in [0, 0.05) is 11.5 Å². The molecule has 0 radical (unpaired) electrons. The molecule has 0 aliphatic heterocycles. The Balaban J connectivity index is 1.62. The van der Waals surface area contributed by atoms with Crippen LogP contribution in [0.4, 0.5) is 5.82 Å². The van der Waals surface area contributed by atoms with Gasteiger partial charge in [-0.25, -0.2) is 9.48 Å². The van der Waals surface area contributed by atoms with E-state index in [4.69, 9.17) is 8.83 Å². The normalized spacial score (nSPS) is 10.9. The summed E-state index contributed by atoms with van der Waals surface area (Å²) in [6.07, 6.45) is 3.12. The molecule has 7 nitrogen and oxygen atoms in total. The number of nitrogens with one attached hydrogen (secondary N) is 1. The maximum absolute atomic E-state index is 12.5. The van der Waals surface area contributed by atoms with E-state index in [1.807, 2.05) is 12.1 Å². The smallest absolute Gasteiger partial charge is 0.349 e. The number of hydrogen-bond donors (Lipinski definition) is 1. The Kier molecular flexibility index (Phi) is 3.66. The van der Waals surface area contributed by atoms with Crippen molar-refractivity contribution in [2.75, 3.05) is 5.32 Å². The molecule has 3 heterocycles. The van der Waals surface area contributed by atoms with Crippen molar-refractivity contribution < 1.29 is 13.6 Å². The Labute approximate surface area is 141 Å². The second-order valence-corrected chi connectivity index (χ2v) is 5.39. The summed E-state index contributed by atoms with van der Waals surface area (Å²) in [7, 11) is 0. The highest BCUT2D eigenvalue weighted by Crippen LogP contribution is 2.15. The zero-order valence-electron chi connectivity index (χ0n) is 13.0. The number of rotatable bonds is 4. The first-order valence-electron chi connectivity index (χ1n) is 7.59. The summed E-state index contributed by atoms with van der Waals surface area (Å²) in [5, 5.41) is 7.51. The van der Waals surface area contributed by atoms with Gasteiger partial charge in [-0.1, -0.05) is 18.2 Å². The van der Waals surface area contributed by atoms with E-state index >= 15 is 0 Å². The Morgan fingerprint density at radius 3 is 2.88 bits per heavy atom. The number of hydrogen-bond acceptors (Lipinski definition) is 5. The van der Waals surface area contributed by atoms with Crippen molar-refractivity contribution in [3.05, 3.63) is 82.7 Å². The Bertz CT molecular complexity index is 1090. The molecule has 0 atom stereocenters. The number of benzene rings is 1. The third-order valence-electron chi connectivity index (χ3n) is 3.73. The van der Waals surface area contributed by atoms with Crippen LogP contribution >= 0.6 is 0 Å². The molecule has 0 unspecified atom stereocenters. The highest BCUT2D eigenvalue weighted by molar-refractivity contribution is 6.05. The minimum Gasteiger partial charge on any atom is -0.467 e. The van der Waals surface area contributed by atoms with Crippen molar-refractivity contribution in [2.24, 2.45) is 0 Å². The molecule has 0 fully saturated rings. The molecule has 0 saturated heterocycles. The fourth-order valence-corrected chi connectivity index (χ4v) is 2.52. The number of carbonyl (C=O) groups excluding carboxylic acids is 1. The molecular formula is C18H13N3O4. The van der Waals surface area contributed by atoms with Crippen LogP contribution in [0.3, 0.4) is 0 Å². The Morgan fingerprint density at radius 1 is 1.16 bits per heavy atom. The van der Waals surface area contributed by atoms with Crippen molar-refractivity contribution in [1.82, 2.24) is 9.78 Å². The second-order valence-electron chi connectivity index (χ2n) is 5.39. The molecular weight excluding hydrogens is 322 g/mol. The van der Waals surface area contributed by atoms with Gasteiger partial charge in [0.1, 0.15) is 29.3 Å². The molecule has 0 aliphatic carbocycles. The first-order chi connectivity index (χ1) is 12.2. The van der Waals surface area contributed by atoms with Gasteiger partial charge >= 0.3 is 5.63 Å². The summed E-state index contributed by atoms with van der Waals surface area (Å²) >= 11 is 0. The molecule has 25 heavy (non-hydrogen) atoms. The number of furan rings is 1. The van der Waals surface area contributed by atoms with Crippen LogP contribution in [-0.4, -0.2) is 15.7 Å². The Hall–Kier alpha value is -3.61. The summed E-state index contributed by atoms with van der Waals surface area (Å²) < 4.78 is 12.0. The number of para-hydroxylation sites is 1. The molecule has 1 amide bonds. The van der Waals surface area contributed by atoms with Crippen LogP contribution in [0.25, 0.3) is 11.0 Å². The van der Waals surface area contributed by atoms with E-state index in [0.29, 0.717) is 29.1 Å². The van der Waals surface area contributed by atoms with E-state index in [9.17, 15) is 9.59 Å². The lowest BCUT2D eigenvalue weighted by atomic mass is 10.2. The molecule has 4 rings (SSSR count). The summed E-state index contributed by atoms with van der Waals surface area (Å²) in [6, 6.07) is 13.8. The summed E-state index contributed by atoms with van der Waals surface area (Å²) in [6.45, 7) is 0.363. The number of anilines is 1. The SMILES string of the molecule is O=C(Nc1ccnn1Cc1ccco1)c1cc2ccccc2oc1=O. The van der Waals surface area contributed by atoms with Gasteiger partial charge in [-0.15, -0.1) is 0 Å². The van der Waals surface area contributed by atoms with Crippen LogP contribution in [0.5, 0.6) is 0 Å². The molecule has 7 heteroatoms. The van der Waals surface area contributed by atoms with Crippen LogP contribution in [0.15, 0.2) is 74.6 Å². The highest BCUT2D eigenvalue weighted by Gasteiger charge is 2.16. The number of amides is 1. The predicted molar refractivity (Wildman–Crippen MR) is 90.5 cm³/mol. The van der Waals surface area contributed by atoms with E-state index in [1.54, 1.807) is 47.5 Å². The quantitative estimate of drug-likeness (QED) is 0.579. The van der Waals surface area contributed by atoms with Gasteiger partial charge in [0.25, 0.3) is 5.91 Å². The van der Waals surface area contributed by atoms with Crippen LogP contribution in [-0.2, 0) is 6.54 Å². The van der Waals surface area contributed by atoms with E-state index in [1.165, 1.54) is 6.07 Å². The lowest BCUT2D eigenvalue weighted by molar-refractivity contribution is 0.102. The molecule has 0 saturated carbocycles. The van der Waals surface area contributed by atoms with Gasteiger partial charge < -0.3 is 14.2 Å². The lowest BCUT2D eigenvalue weighted by Crippen LogP contribution is -2.22. The van der Waals surface area contributed by atoms with Crippen molar-refractivity contribution in [3.63, 3.8) is 0 Å². The third kappa shape index (κ3) is 2.94. The topological polar surface area (TPSA) is 90.3 Å². The minimum absolute atomic E-state index is 0.0653. The van der Waals surface area contributed by atoms with Gasteiger partial charge in [-0.3, -0.25) is 4.79 Å². The van der Waals surface area contributed by atoms with E-state index < -0.39 is 11.5 Å². The Morgan fingerprint density at radius 2 is 2.04 bits per heavy atom. The van der Waals surface area contributed by atoms with Gasteiger partial charge in [0.2, 0.25) is 0 Å². The van der Waals surface area contributed by atoms with Crippen molar-refractivity contribution in [1.29, 1.82) is 0 Å². The molecule has 3 aromatic heterocycles. The maximum Gasteiger partial charge on any atom is 0.349 e. The van der Waals surface area contributed by atoms with Gasteiger partial charge in [-0.05, 0) is 24.3 Å². The monoisotopic (exact) mass is 335 g/mol. The minimum atomic E-state index is -0.687. The first-order valence-corrected chi connectivity index (χ1v) is 7.59. The highest BCUT2D eigenvalue weighted by atomic mass is 16.4. The molecule has 0 bridgehead atoms. The van der Waals surface area contributed by atoms with Crippen LogP contribution in [0.1, 0.15) is 16.1 Å². The molecule has 1 N–H and O–H groups in total. The average molecular weight is 335 g/mol. The zero-order chi connectivity index (χ0) is 17.2. The van der Waals surface area contributed by atoms with Crippen LogP contribution in [0, 0.1) is 0 Å². The number of fused-ring (bicyclic) bond motifs is 1. The summed E-state index contributed by atoms with van der Waals surface area (Å²) in [5.41, 5.74) is -0.315. The molecule has 0 spiro atoms. The number of carbonyl (C=O) groups is 1. The number of nitrogens with zero attached hydrogens (tertiary/aromatic N) is 2. The maximum atomic E-state index is 12.5. The van der Waals surface area contributed by atoms with E-state index in [-0.39, 0.29) is 5.56 Å². The van der Waals surface area contributed by atoms with Crippen LogP contribution in [0.2, 0.25) is 0 Å². The van der Waals surface area contributed by atoms with E-state index in [0.717, 1.165) is 0 Å². The predicted octanol–water partition coefficient (Wildman–Crippen LogP) is 2.88. The zero-order valence-corrected chi connectivity index (χ0v) is 13.0. The lowest BCUT2D eigenvalue weighted by Gasteiger charge is -2.07.